The first kappa shape index (κ1) is 13.8. The molecule has 0 fully saturated rings. The van der Waals surface area contributed by atoms with Crippen LogP contribution in [0.15, 0.2) is 72.8 Å². The highest BCUT2D eigenvalue weighted by Gasteiger charge is 2.09. The van der Waals surface area contributed by atoms with Crippen LogP contribution in [0.5, 0.6) is 0 Å². The molecule has 0 aliphatic heterocycles. The van der Waals surface area contributed by atoms with Crippen LogP contribution in [-0.2, 0) is 6.54 Å². The molecule has 0 bridgehead atoms. The second kappa shape index (κ2) is 6.53. The molecule has 21 heavy (non-hydrogen) atoms. The average molecular weight is 277 g/mol. The van der Waals surface area contributed by atoms with Crippen molar-refractivity contribution in [3.05, 3.63) is 83.9 Å². The number of hydrogen-bond donors (Lipinski definition) is 2. The molecule has 0 aliphatic carbocycles. The summed E-state index contributed by atoms with van der Waals surface area (Å²) in [7, 11) is 0. The third-order valence-electron chi connectivity index (χ3n) is 3.80. The van der Waals surface area contributed by atoms with Crippen molar-refractivity contribution in [3.8, 4) is 0 Å². The number of fused-ring (bicyclic) bond motifs is 1. The summed E-state index contributed by atoms with van der Waals surface area (Å²) < 4.78 is 0. The molecule has 0 amide bonds. The summed E-state index contributed by atoms with van der Waals surface area (Å²) in [5, 5.41) is 15.6. The predicted molar refractivity (Wildman–Crippen MR) is 87.1 cm³/mol. The van der Waals surface area contributed by atoms with Crippen LogP contribution < -0.4 is 5.32 Å². The lowest BCUT2D eigenvalue weighted by atomic mass is 10.0. The van der Waals surface area contributed by atoms with E-state index in [4.69, 9.17) is 0 Å². The fourth-order valence-corrected chi connectivity index (χ4v) is 2.65. The van der Waals surface area contributed by atoms with Gasteiger partial charge in [0.15, 0.2) is 0 Å². The maximum absolute atomic E-state index is 9.61. The molecule has 0 saturated carbocycles. The topological polar surface area (TPSA) is 32.3 Å². The van der Waals surface area contributed by atoms with Gasteiger partial charge >= 0.3 is 0 Å². The van der Waals surface area contributed by atoms with E-state index < -0.39 is 0 Å². The maximum atomic E-state index is 9.61. The summed E-state index contributed by atoms with van der Waals surface area (Å²) in [4.78, 5) is 0. The Bertz CT molecular complexity index is 704. The highest BCUT2D eigenvalue weighted by molar-refractivity contribution is 5.85. The fraction of sp³-hybridized carbons (Fsp3) is 0.158. The van der Waals surface area contributed by atoms with Gasteiger partial charge in [-0.2, -0.15) is 0 Å². The van der Waals surface area contributed by atoms with Crippen molar-refractivity contribution in [1.82, 2.24) is 5.32 Å². The predicted octanol–water partition coefficient (Wildman–Crippen LogP) is 3.66. The molecule has 0 aromatic heterocycles. The van der Waals surface area contributed by atoms with E-state index in [9.17, 15) is 5.11 Å². The second-order valence-electron chi connectivity index (χ2n) is 5.17. The molecule has 3 aromatic rings. The van der Waals surface area contributed by atoms with Gasteiger partial charge in [-0.25, -0.2) is 0 Å². The van der Waals surface area contributed by atoms with Crippen molar-refractivity contribution >= 4 is 10.8 Å². The minimum absolute atomic E-state index is 0.0369. The summed E-state index contributed by atoms with van der Waals surface area (Å²) in [5.41, 5.74) is 2.36. The van der Waals surface area contributed by atoms with Crippen molar-refractivity contribution < 1.29 is 5.11 Å². The lowest BCUT2D eigenvalue weighted by Crippen LogP contribution is -2.24. The summed E-state index contributed by atoms with van der Waals surface area (Å²) >= 11 is 0. The van der Waals surface area contributed by atoms with Gasteiger partial charge in [-0.1, -0.05) is 72.8 Å². The molecular weight excluding hydrogens is 258 g/mol. The molecule has 3 aromatic carbocycles. The first-order valence-corrected chi connectivity index (χ1v) is 7.24. The third kappa shape index (κ3) is 3.13. The Morgan fingerprint density at radius 1 is 0.810 bits per heavy atom. The van der Waals surface area contributed by atoms with Gasteiger partial charge in [-0.15, -0.1) is 0 Å². The molecule has 0 saturated heterocycles. The van der Waals surface area contributed by atoms with E-state index in [1.807, 2.05) is 30.3 Å². The van der Waals surface area contributed by atoms with Crippen LogP contribution in [0.2, 0.25) is 0 Å². The van der Waals surface area contributed by atoms with Gasteiger partial charge in [0.2, 0.25) is 0 Å². The summed E-state index contributed by atoms with van der Waals surface area (Å²) in [6.07, 6.45) is 0. The molecule has 2 heteroatoms. The number of hydrogen-bond acceptors (Lipinski definition) is 2. The Balaban J connectivity index is 1.79. The first-order chi connectivity index (χ1) is 10.4. The maximum Gasteiger partial charge on any atom is 0.0626 e. The Morgan fingerprint density at radius 3 is 2.33 bits per heavy atom. The van der Waals surface area contributed by atoms with Crippen LogP contribution in [0.4, 0.5) is 0 Å². The van der Waals surface area contributed by atoms with Crippen molar-refractivity contribution in [3.63, 3.8) is 0 Å². The average Bonchev–Trinajstić information content (AvgIpc) is 2.56. The van der Waals surface area contributed by atoms with Gasteiger partial charge < -0.3 is 10.4 Å². The molecule has 2 N–H and O–H groups in total. The molecule has 0 spiro atoms. The standard InChI is InChI=1S/C19H19NO/c21-14-19(16-8-2-1-3-9-16)20-13-17-11-6-10-15-7-4-5-12-18(15)17/h1-12,19-21H,13-14H2/t19-/m1/s1. The van der Waals surface area contributed by atoms with Gasteiger partial charge in [0.1, 0.15) is 0 Å². The number of nitrogens with one attached hydrogen (secondary N) is 1. The Labute approximate surface area is 125 Å². The molecule has 1 atom stereocenters. The Hall–Kier alpha value is -2.16. The number of aliphatic hydroxyl groups excluding tert-OH is 1. The zero-order chi connectivity index (χ0) is 14.5. The molecule has 0 heterocycles. The number of benzene rings is 3. The zero-order valence-corrected chi connectivity index (χ0v) is 11.9. The lowest BCUT2D eigenvalue weighted by Gasteiger charge is -2.17. The monoisotopic (exact) mass is 277 g/mol. The van der Waals surface area contributed by atoms with Crippen molar-refractivity contribution in [2.45, 2.75) is 12.6 Å². The van der Waals surface area contributed by atoms with Crippen LogP contribution in [0, 0.1) is 0 Å². The fourth-order valence-electron chi connectivity index (χ4n) is 2.65. The van der Waals surface area contributed by atoms with Crippen LogP contribution in [-0.4, -0.2) is 11.7 Å². The van der Waals surface area contributed by atoms with E-state index in [1.54, 1.807) is 0 Å². The number of aliphatic hydroxyl groups is 1. The van der Waals surface area contributed by atoms with E-state index in [2.05, 4.69) is 47.8 Å². The smallest absolute Gasteiger partial charge is 0.0626 e. The molecular formula is C19H19NO. The highest BCUT2D eigenvalue weighted by Crippen LogP contribution is 2.19. The van der Waals surface area contributed by atoms with E-state index in [-0.39, 0.29) is 12.6 Å². The molecule has 0 unspecified atom stereocenters. The van der Waals surface area contributed by atoms with E-state index in [1.165, 1.54) is 16.3 Å². The van der Waals surface area contributed by atoms with Crippen LogP contribution in [0.25, 0.3) is 10.8 Å². The number of rotatable bonds is 5. The molecule has 0 radical (unpaired) electrons. The highest BCUT2D eigenvalue weighted by atomic mass is 16.3. The van der Waals surface area contributed by atoms with Crippen LogP contribution in [0.3, 0.4) is 0 Å². The SMILES string of the molecule is OC[C@@H](NCc1cccc2ccccc12)c1ccccc1. The summed E-state index contributed by atoms with van der Waals surface area (Å²) in [5.74, 6) is 0. The van der Waals surface area contributed by atoms with Crippen molar-refractivity contribution in [2.24, 2.45) is 0 Å². The van der Waals surface area contributed by atoms with Crippen molar-refractivity contribution in [1.29, 1.82) is 0 Å². The van der Waals surface area contributed by atoms with E-state index in [0.717, 1.165) is 12.1 Å². The van der Waals surface area contributed by atoms with Crippen molar-refractivity contribution in [2.75, 3.05) is 6.61 Å². The quantitative estimate of drug-likeness (QED) is 0.746. The van der Waals surface area contributed by atoms with Crippen LogP contribution >= 0.6 is 0 Å². The Morgan fingerprint density at radius 2 is 1.52 bits per heavy atom. The lowest BCUT2D eigenvalue weighted by molar-refractivity contribution is 0.244. The largest absolute Gasteiger partial charge is 0.394 e. The normalized spacial score (nSPS) is 12.4. The second-order valence-corrected chi connectivity index (χ2v) is 5.17. The van der Waals surface area contributed by atoms with Gasteiger partial charge in [0, 0.05) is 6.54 Å². The van der Waals surface area contributed by atoms with Gasteiger partial charge in [-0.05, 0) is 21.9 Å². The first-order valence-electron chi connectivity index (χ1n) is 7.24. The molecule has 3 rings (SSSR count). The minimum atomic E-state index is -0.0369. The van der Waals surface area contributed by atoms with Gasteiger partial charge in [0.05, 0.1) is 12.6 Å². The molecule has 106 valence electrons. The van der Waals surface area contributed by atoms with Gasteiger partial charge in [0.25, 0.3) is 0 Å². The summed E-state index contributed by atoms with van der Waals surface area (Å²) in [6.45, 7) is 0.830. The van der Waals surface area contributed by atoms with E-state index >= 15 is 0 Å². The van der Waals surface area contributed by atoms with E-state index in [0.29, 0.717) is 0 Å². The third-order valence-corrected chi connectivity index (χ3v) is 3.80. The van der Waals surface area contributed by atoms with Gasteiger partial charge in [-0.3, -0.25) is 0 Å². The molecule has 0 aliphatic rings. The molecule has 2 nitrogen and oxygen atoms in total. The minimum Gasteiger partial charge on any atom is -0.394 e. The summed E-state index contributed by atoms with van der Waals surface area (Å²) in [6, 6.07) is 24.7. The zero-order valence-electron chi connectivity index (χ0n) is 11.9. The van der Waals surface area contributed by atoms with Crippen LogP contribution in [0.1, 0.15) is 17.2 Å². The Kier molecular flexibility index (Phi) is 4.29.